The minimum absolute atomic E-state index is 0.283. The highest BCUT2D eigenvalue weighted by molar-refractivity contribution is 5.81. The first-order valence-corrected chi connectivity index (χ1v) is 4.94. The quantitative estimate of drug-likeness (QED) is 0.743. The molecule has 2 heteroatoms. The van der Waals surface area contributed by atoms with Gasteiger partial charge in [0.15, 0.2) is 0 Å². The van der Waals surface area contributed by atoms with Gasteiger partial charge in [-0.05, 0) is 23.6 Å². The van der Waals surface area contributed by atoms with Crippen LogP contribution in [0.15, 0.2) is 24.3 Å². The summed E-state index contributed by atoms with van der Waals surface area (Å²) in [7, 11) is 0. The van der Waals surface area contributed by atoms with Crippen LogP contribution < -0.4 is 5.73 Å². The lowest BCUT2D eigenvalue weighted by molar-refractivity contribution is -0.119. The fraction of sp³-hybridized carbons (Fsp3) is 0.417. The molecule has 0 aliphatic rings. The van der Waals surface area contributed by atoms with Gasteiger partial charge in [0.2, 0.25) is 0 Å². The molecule has 0 saturated heterocycles. The summed E-state index contributed by atoms with van der Waals surface area (Å²) < 4.78 is 0. The van der Waals surface area contributed by atoms with Crippen molar-refractivity contribution in [2.45, 2.75) is 26.7 Å². The van der Waals surface area contributed by atoms with Crippen LogP contribution in [0.3, 0.4) is 0 Å². The van der Waals surface area contributed by atoms with Gasteiger partial charge in [-0.1, -0.05) is 26.0 Å². The van der Waals surface area contributed by atoms with Gasteiger partial charge < -0.3 is 5.73 Å². The maximum absolute atomic E-state index is 11.5. The minimum Gasteiger partial charge on any atom is -0.399 e. The van der Waals surface area contributed by atoms with Crippen molar-refractivity contribution >= 4 is 11.5 Å². The number of ketones is 1. The van der Waals surface area contributed by atoms with Crippen molar-refractivity contribution in [2.24, 2.45) is 5.92 Å². The molecule has 1 rings (SSSR count). The van der Waals surface area contributed by atoms with E-state index in [-0.39, 0.29) is 5.78 Å². The summed E-state index contributed by atoms with van der Waals surface area (Å²) >= 11 is 0. The minimum atomic E-state index is 0.283. The van der Waals surface area contributed by atoms with E-state index in [1.54, 1.807) is 0 Å². The predicted molar refractivity (Wildman–Crippen MR) is 59.0 cm³/mol. The molecule has 0 unspecified atom stereocenters. The second-order valence-corrected chi connectivity index (χ2v) is 4.06. The van der Waals surface area contributed by atoms with Crippen LogP contribution in [0.1, 0.15) is 25.8 Å². The molecule has 1 aromatic rings. The second kappa shape index (κ2) is 4.80. The van der Waals surface area contributed by atoms with Crippen molar-refractivity contribution in [3.05, 3.63) is 29.8 Å². The van der Waals surface area contributed by atoms with Gasteiger partial charge in [-0.25, -0.2) is 0 Å². The monoisotopic (exact) mass is 191 g/mol. The lowest BCUT2D eigenvalue weighted by Crippen LogP contribution is -2.06. The van der Waals surface area contributed by atoms with E-state index < -0.39 is 0 Å². The van der Waals surface area contributed by atoms with E-state index in [2.05, 4.69) is 13.8 Å². The number of Topliss-reactive ketones (excluding diaryl/α,β-unsaturated/α-hetero) is 1. The van der Waals surface area contributed by atoms with Crippen LogP contribution >= 0.6 is 0 Å². The summed E-state index contributed by atoms with van der Waals surface area (Å²) in [5, 5.41) is 0. The van der Waals surface area contributed by atoms with Gasteiger partial charge in [0.25, 0.3) is 0 Å². The number of anilines is 1. The van der Waals surface area contributed by atoms with Gasteiger partial charge in [-0.3, -0.25) is 4.79 Å². The van der Waals surface area contributed by atoms with Gasteiger partial charge >= 0.3 is 0 Å². The van der Waals surface area contributed by atoms with Crippen LogP contribution in [0.4, 0.5) is 5.69 Å². The number of hydrogen-bond donors (Lipinski definition) is 1. The zero-order valence-electron chi connectivity index (χ0n) is 8.79. The SMILES string of the molecule is CC(C)CC(=O)Cc1cccc(N)c1. The van der Waals surface area contributed by atoms with E-state index in [4.69, 9.17) is 5.73 Å². The number of carbonyl (C=O) groups excluding carboxylic acids is 1. The maximum atomic E-state index is 11.5. The van der Waals surface area contributed by atoms with E-state index in [0.29, 0.717) is 18.8 Å². The van der Waals surface area contributed by atoms with Crippen molar-refractivity contribution in [1.82, 2.24) is 0 Å². The average molecular weight is 191 g/mol. The normalized spacial score (nSPS) is 10.5. The maximum Gasteiger partial charge on any atom is 0.137 e. The molecule has 76 valence electrons. The molecule has 1 aromatic carbocycles. The van der Waals surface area contributed by atoms with Crippen molar-refractivity contribution in [3.8, 4) is 0 Å². The molecule has 0 saturated carbocycles. The Morgan fingerprint density at radius 2 is 2.14 bits per heavy atom. The largest absolute Gasteiger partial charge is 0.399 e. The molecule has 14 heavy (non-hydrogen) atoms. The zero-order chi connectivity index (χ0) is 10.6. The molecule has 2 nitrogen and oxygen atoms in total. The first-order valence-electron chi connectivity index (χ1n) is 4.94. The first kappa shape index (κ1) is 10.8. The molecule has 0 bridgehead atoms. The second-order valence-electron chi connectivity index (χ2n) is 4.06. The van der Waals surface area contributed by atoms with Crippen LogP contribution in [0.25, 0.3) is 0 Å². The van der Waals surface area contributed by atoms with Gasteiger partial charge in [-0.2, -0.15) is 0 Å². The summed E-state index contributed by atoms with van der Waals surface area (Å²) in [6, 6.07) is 7.51. The smallest absolute Gasteiger partial charge is 0.137 e. The fourth-order valence-corrected chi connectivity index (χ4v) is 1.46. The standard InChI is InChI=1S/C12H17NO/c1-9(2)6-12(14)8-10-4-3-5-11(13)7-10/h3-5,7,9H,6,8,13H2,1-2H3. The summed E-state index contributed by atoms with van der Waals surface area (Å²) in [5.74, 6) is 0.717. The summed E-state index contributed by atoms with van der Waals surface area (Å²) in [6.45, 7) is 4.11. The summed E-state index contributed by atoms with van der Waals surface area (Å²) in [4.78, 5) is 11.5. The topological polar surface area (TPSA) is 43.1 Å². The van der Waals surface area contributed by atoms with Crippen LogP contribution in [-0.4, -0.2) is 5.78 Å². The Morgan fingerprint density at radius 1 is 1.43 bits per heavy atom. The predicted octanol–water partition coefficient (Wildman–Crippen LogP) is 2.43. The third kappa shape index (κ3) is 3.60. The van der Waals surface area contributed by atoms with Crippen molar-refractivity contribution in [1.29, 1.82) is 0 Å². The molecule has 0 aliphatic carbocycles. The Hall–Kier alpha value is -1.31. The van der Waals surface area contributed by atoms with E-state index >= 15 is 0 Å². The Bertz CT molecular complexity index is 318. The molecule has 0 aromatic heterocycles. The third-order valence-electron chi connectivity index (χ3n) is 1.99. The number of nitrogen functional groups attached to an aromatic ring is 1. The molecule has 0 fully saturated rings. The number of benzene rings is 1. The Labute approximate surface area is 85.1 Å². The zero-order valence-corrected chi connectivity index (χ0v) is 8.79. The number of rotatable bonds is 4. The Balaban J connectivity index is 2.56. The van der Waals surface area contributed by atoms with Crippen LogP contribution in [0.2, 0.25) is 0 Å². The van der Waals surface area contributed by atoms with Crippen molar-refractivity contribution in [3.63, 3.8) is 0 Å². The fourth-order valence-electron chi connectivity index (χ4n) is 1.46. The van der Waals surface area contributed by atoms with Gasteiger partial charge in [0.1, 0.15) is 5.78 Å². The molecular formula is C12H17NO. The van der Waals surface area contributed by atoms with E-state index in [1.807, 2.05) is 24.3 Å². The molecule has 0 amide bonds. The van der Waals surface area contributed by atoms with Crippen LogP contribution in [-0.2, 0) is 11.2 Å². The van der Waals surface area contributed by atoms with Crippen LogP contribution in [0.5, 0.6) is 0 Å². The average Bonchev–Trinajstić information content (AvgIpc) is 2.01. The third-order valence-corrected chi connectivity index (χ3v) is 1.99. The molecular weight excluding hydrogens is 174 g/mol. The Kier molecular flexibility index (Phi) is 3.69. The summed E-state index contributed by atoms with van der Waals surface area (Å²) in [6.07, 6.45) is 1.15. The molecule has 0 aliphatic heterocycles. The highest BCUT2D eigenvalue weighted by Crippen LogP contribution is 2.10. The molecule has 0 atom stereocenters. The molecule has 0 spiro atoms. The van der Waals surface area contributed by atoms with E-state index in [9.17, 15) is 4.79 Å². The molecule has 0 radical (unpaired) electrons. The van der Waals surface area contributed by atoms with Crippen molar-refractivity contribution < 1.29 is 4.79 Å². The van der Waals surface area contributed by atoms with Crippen LogP contribution in [0, 0.1) is 5.92 Å². The lowest BCUT2D eigenvalue weighted by atomic mass is 10.0. The van der Waals surface area contributed by atoms with Gasteiger partial charge in [0.05, 0.1) is 0 Å². The first-order chi connectivity index (χ1) is 6.58. The van der Waals surface area contributed by atoms with Crippen molar-refractivity contribution in [2.75, 3.05) is 5.73 Å². The molecule has 0 heterocycles. The highest BCUT2D eigenvalue weighted by Gasteiger charge is 2.06. The molecule has 2 N–H and O–H groups in total. The lowest BCUT2D eigenvalue weighted by Gasteiger charge is -2.04. The number of carbonyl (C=O) groups is 1. The number of nitrogens with two attached hydrogens (primary N) is 1. The summed E-state index contributed by atoms with van der Waals surface area (Å²) in [5.41, 5.74) is 7.36. The van der Waals surface area contributed by atoms with E-state index in [0.717, 1.165) is 11.3 Å². The van der Waals surface area contributed by atoms with Gasteiger partial charge in [-0.15, -0.1) is 0 Å². The highest BCUT2D eigenvalue weighted by atomic mass is 16.1. The Morgan fingerprint density at radius 3 is 2.71 bits per heavy atom. The van der Waals surface area contributed by atoms with E-state index in [1.165, 1.54) is 0 Å². The number of hydrogen-bond acceptors (Lipinski definition) is 2. The van der Waals surface area contributed by atoms with Gasteiger partial charge in [0, 0.05) is 18.5 Å².